The molecule has 1 nitrogen and oxygen atoms in total. The second-order valence-corrected chi connectivity index (χ2v) is 4.50. The van der Waals surface area contributed by atoms with E-state index >= 15 is 0 Å². The maximum absolute atomic E-state index is 9.82. The van der Waals surface area contributed by atoms with Gasteiger partial charge in [0.05, 0.1) is 6.10 Å². The van der Waals surface area contributed by atoms with Crippen LogP contribution in [0.4, 0.5) is 0 Å². The Morgan fingerprint density at radius 2 is 1.62 bits per heavy atom. The minimum absolute atomic E-state index is 0.257. The fraction of sp³-hybridized carbons (Fsp3) is 0.667. The van der Waals surface area contributed by atoms with Crippen LogP contribution in [-0.4, -0.2) is 11.2 Å². The number of aliphatic hydroxyl groups excluding tert-OH is 1. The zero-order valence-corrected chi connectivity index (χ0v) is 9.04. The van der Waals surface area contributed by atoms with E-state index in [4.69, 9.17) is 0 Å². The summed E-state index contributed by atoms with van der Waals surface area (Å²) in [6.07, 6.45) is 4.95. The Balaban J connectivity index is 2.54. The first-order valence-electron chi connectivity index (χ1n) is 5.10. The molecule has 1 heteroatoms. The van der Waals surface area contributed by atoms with E-state index in [0.29, 0.717) is 11.8 Å². The summed E-state index contributed by atoms with van der Waals surface area (Å²) in [5.41, 5.74) is 2.62. The van der Waals surface area contributed by atoms with Gasteiger partial charge in [-0.15, -0.1) is 0 Å². The molecule has 0 spiro atoms. The normalized spacial score (nSPS) is 19.3. The maximum atomic E-state index is 9.82. The third-order valence-electron chi connectivity index (χ3n) is 2.67. The third kappa shape index (κ3) is 2.44. The second-order valence-electron chi connectivity index (χ2n) is 4.50. The van der Waals surface area contributed by atoms with Gasteiger partial charge in [0.2, 0.25) is 0 Å². The zero-order valence-electron chi connectivity index (χ0n) is 9.04. The second kappa shape index (κ2) is 4.10. The van der Waals surface area contributed by atoms with E-state index in [2.05, 4.69) is 39.8 Å². The van der Waals surface area contributed by atoms with Crippen molar-refractivity contribution in [3.8, 4) is 0 Å². The molecule has 1 atom stereocenters. The van der Waals surface area contributed by atoms with Crippen molar-refractivity contribution in [3.05, 3.63) is 23.3 Å². The molecule has 1 N–H and O–H groups in total. The van der Waals surface area contributed by atoms with Crippen molar-refractivity contribution in [3.63, 3.8) is 0 Å². The fourth-order valence-electron chi connectivity index (χ4n) is 1.60. The lowest BCUT2D eigenvalue weighted by Crippen LogP contribution is -2.17. The van der Waals surface area contributed by atoms with Crippen molar-refractivity contribution in [2.45, 2.75) is 40.2 Å². The summed E-state index contributed by atoms with van der Waals surface area (Å²) in [5, 5.41) is 9.82. The summed E-state index contributed by atoms with van der Waals surface area (Å²) in [6.45, 7) is 8.51. The van der Waals surface area contributed by atoms with Crippen LogP contribution in [-0.2, 0) is 0 Å². The van der Waals surface area contributed by atoms with Crippen molar-refractivity contribution in [2.75, 3.05) is 0 Å². The Morgan fingerprint density at radius 3 is 2.00 bits per heavy atom. The largest absolute Gasteiger partial charge is 0.388 e. The van der Waals surface area contributed by atoms with Crippen molar-refractivity contribution >= 4 is 0 Å². The van der Waals surface area contributed by atoms with Crippen LogP contribution in [0.1, 0.15) is 34.1 Å². The third-order valence-corrected chi connectivity index (χ3v) is 2.67. The highest BCUT2D eigenvalue weighted by Gasteiger charge is 2.19. The van der Waals surface area contributed by atoms with E-state index in [9.17, 15) is 5.11 Å². The summed E-state index contributed by atoms with van der Waals surface area (Å²) in [7, 11) is 0. The highest BCUT2D eigenvalue weighted by Crippen LogP contribution is 2.29. The lowest BCUT2D eigenvalue weighted by atomic mass is 9.94. The molecule has 0 heterocycles. The van der Waals surface area contributed by atoms with E-state index < -0.39 is 0 Å². The molecule has 0 saturated heterocycles. The van der Waals surface area contributed by atoms with Crippen LogP contribution in [0.5, 0.6) is 0 Å². The van der Waals surface area contributed by atoms with Gasteiger partial charge in [-0.2, -0.15) is 0 Å². The molecule has 74 valence electrons. The van der Waals surface area contributed by atoms with Gasteiger partial charge in [-0.1, -0.05) is 45.4 Å². The van der Waals surface area contributed by atoms with Crippen molar-refractivity contribution in [1.29, 1.82) is 0 Å². The highest BCUT2D eigenvalue weighted by atomic mass is 16.3. The molecule has 0 aromatic carbocycles. The van der Waals surface area contributed by atoms with E-state index in [1.807, 2.05) is 0 Å². The predicted octanol–water partition coefficient (Wildman–Crippen LogP) is 2.92. The van der Waals surface area contributed by atoms with Crippen LogP contribution >= 0.6 is 0 Å². The van der Waals surface area contributed by atoms with E-state index in [1.54, 1.807) is 0 Å². The molecule has 0 bridgehead atoms. The van der Waals surface area contributed by atoms with Crippen molar-refractivity contribution in [2.24, 2.45) is 11.8 Å². The number of rotatable bonds is 3. The zero-order chi connectivity index (χ0) is 10.0. The van der Waals surface area contributed by atoms with Gasteiger partial charge >= 0.3 is 0 Å². The molecule has 0 radical (unpaired) electrons. The minimum atomic E-state index is -0.257. The lowest BCUT2D eigenvalue weighted by Gasteiger charge is -2.17. The smallest absolute Gasteiger partial charge is 0.0779 e. The molecular weight excluding hydrogens is 160 g/mol. The Labute approximate surface area is 81.2 Å². The summed E-state index contributed by atoms with van der Waals surface area (Å²) >= 11 is 0. The van der Waals surface area contributed by atoms with Gasteiger partial charge in [0, 0.05) is 0 Å². The molecule has 1 aliphatic rings. The summed E-state index contributed by atoms with van der Waals surface area (Å²) in [4.78, 5) is 0. The minimum Gasteiger partial charge on any atom is -0.388 e. The summed E-state index contributed by atoms with van der Waals surface area (Å²) in [5.74, 6) is 0.930. The molecule has 1 rings (SSSR count). The number of aliphatic hydroxyl groups is 1. The lowest BCUT2D eigenvalue weighted by molar-refractivity contribution is 0.158. The van der Waals surface area contributed by atoms with Crippen LogP contribution in [0.3, 0.4) is 0 Å². The molecule has 0 fully saturated rings. The summed E-state index contributed by atoms with van der Waals surface area (Å²) in [6, 6.07) is 0. The molecular formula is C12H20O. The first kappa shape index (κ1) is 10.5. The Morgan fingerprint density at radius 1 is 1.08 bits per heavy atom. The van der Waals surface area contributed by atoms with Gasteiger partial charge in [0.15, 0.2) is 0 Å². The topological polar surface area (TPSA) is 20.2 Å². The van der Waals surface area contributed by atoms with Gasteiger partial charge in [-0.05, 0) is 23.8 Å². The van der Waals surface area contributed by atoms with Crippen LogP contribution < -0.4 is 0 Å². The molecule has 0 unspecified atom stereocenters. The highest BCUT2D eigenvalue weighted by molar-refractivity contribution is 5.33. The number of hydrogen-bond donors (Lipinski definition) is 1. The molecule has 0 amide bonds. The quantitative estimate of drug-likeness (QED) is 0.708. The SMILES string of the molecule is CC(C)C1=CC=C([C@@H](O)C(C)C)C1. The van der Waals surface area contributed by atoms with Crippen LogP contribution in [0.2, 0.25) is 0 Å². The maximum Gasteiger partial charge on any atom is 0.0779 e. The van der Waals surface area contributed by atoms with Crippen molar-refractivity contribution in [1.82, 2.24) is 0 Å². The Hall–Kier alpha value is -0.560. The van der Waals surface area contributed by atoms with Gasteiger partial charge in [0.25, 0.3) is 0 Å². The van der Waals surface area contributed by atoms with Crippen LogP contribution in [0.15, 0.2) is 23.3 Å². The van der Waals surface area contributed by atoms with Gasteiger partial charge in [-0.25, -0.2) is 0 Å². The number of hydrogen-bond acceptors (Lipinski definition) is 1. The molecule has 1 aliphatic carbocycles. The molecule has 0 saturated carbocycles. The Bertz CT molecular complexity index is 234. The number of allylic oxidation sites excluding steroid dienone is 3. The molecule has 0 aromatic rings. The average Bonchev–Trinajstić information content (AvgIpc) is 2.50. The predicted molar refractivity (Wildman–Crippen MR) is 56.5 cm³/mol. The van der Waals surface area contributed by atoms with Gasteiger partial charge < -0.3 is 5.11 Å². The van der Waals surface area contributed by atoms with Gasteiger partial charge in [-0.3, -0.25) is 0 Å². The fourth-order valence-corrected chi connectivity index (χ4v) is 1.60. The standard InChI is InChI=1S/C12H20O/c1-8(2)10-5-6-11(7-10)12(13)9(3)4/h5-6,8-9,12-13H,7H2,1-4H3/t12-/m0/s1. The van der Waals surface area contributed by atoms with E-state index in [1.165, 1.54) is 11.1 Å². The average molecular weight is 180 g/mol. The van der Waals surface area contributed by atoms with E-state index in [-0.39, 0.29) is 6.10 Å². The van der Waals surface area contributed by atoms with Crippen LogP contribution in [0.25, 0.3) is 0 Å². The summed E-state index contributed by atoms with van der Waals surface area (Å²) < 4.78 is 0. The first-order valence-corrected chi connectivity index (χ1v) is 5.10. The van der Waals surface area contributed by atoms with Gasteiger partial charge in [0.1, 0.15) is 0 Å². The Kier molecular flexibility index (Phi) is 3.32. The van der Waals surface area contributed by atoms with E-state index in [0.717, 1.165) is 6.42 Å². The first-order chi connectivity index (χ1) is 6.02. The van der Waals surface area contributed by atoms with Crippen molar-refractivity contribution < 1.29 is 5.11 Å². The molecule has 0 aromatic heterocycles. The molecule has 0 aliphatic heterocycles. The van der Waals surface area contributed by atoms with Crippen LogP contribution in [0, 0.1) is 11.8 Å². The monoisotopic (exact) mass is 180 g/mol. The molecule has 13 heavy (non-hydrogen) atoms.